The van der Waals surface area contributed by atoms with Crippen LogP contribution in [0.1, 0.15) is 265 Å². The largest absolute Gasteiger partial charge is 0.466 e. The van der Waals surface area contributed by atoms with E-state index >= 15 is 0 Å². The molecule has 0 amide bonds. The van der Waals surface area contributed by atoms with Gasteiger partial charge in [-0.2, -0.15) is 0 Å². The van der Waals surface area contributed by atoms with Crippen LogP contribution in [0.15, 0.2) is 0 Å². The lowest BCUT2D eigenvalue weighted by Crippen LogP contribution is -2.44. The van der Waals surface area contributed by atoms with Crippen LogP contribution in [0.5, 0.6) is 0 Å². The zero-order valence-electron chi connectivity index (χ0n) is 43.4. The van der Waals surface area contributed by atoms with Gasteiger partial charge in [-0.25, -0.2) is 0 Å². The number of unbranched alkanes of at least 4 members (excludes halogenated alkanes) is 20. The summed E-state index contributed by atoms with van der Waals surface area (Å²) in [6.45, 7) is 16.2. The summed E-state index contributed by atoms with van der Waals surface area (Å²) in [5.41, 5.74) is 0. The Balaban J connectivity index is 2.28. The molecule has 0 radical (unpaired) electrons. The first-order valence-corrected chi connectivity index (χ1v) is 28.2. The lowest BCUT2D eigenvalue weighted by Gasteiger charge is -2.32. The number of carbonyl (C=O) groups excluding carboxylic acids is 3. The first kappa shape index (κ1) is 60.3. The van der Waals surface area contributed by atoms with Crippen molar-refractivity contribution in [2.24, 2.45) is 17.8 Å². The fourth-order valence-electron chi connectivity index (χ4n) is 9.51. The molecule has 1 saturated heterocycles. The summed E-state index contributed by atoms with van der Waals surface area (Å²) in [6, 6.07) is 0. The Morgan fingerprint density at radius 1 is 0.391 bits per heavy atom. The molecule has 0 saturated carbocycles. The third-order valence-electron chi connectivity index (χ3n) is 14.1. The molecule has 0 N–H and O–H groups in total. The molecular formula is C56H108N2O6. The maximum atomic E-state index is 13.3. The third-order valence-corrected chi connectivity index (χ3v) is 14.1. The summed E-state index contributed by atoms with van der Waals surface area (Å²) in [6.07, 6.45) is 42.1. The van der Waals surface area contributed by atoms with Crippen LogP contribution in [0.3, 0.4) is 0 Å². The number of esters is 3. The van der Waals surface area contributed by atoms with Gasteiger partial charge in [0, 0.05) is 45.6 Å². The van der Waals surface area contributed by atoms with Crippen LogP contribution in [-0.2, 0) is 28.6 Å². The maximum absolute atomic E-state index is 13.3. The van der Waals surface area contributed by atoms with Crippen molar-refractivity contribution in [2.45, 2.75) is 265 Å². The molecule has 1 aliphatic rings. The average Bonchev–Trinajstić information content (AvgIpc) is 3.29. The summed E-state index contributed by atoms with van der Waals surface area (Å²) in [5.74, 6) is 1.39. The summed E-state index contributed by atoms with van der Waals surface area (Å²) >= 11 is 0. The third kappa shape index (κ3) is 37.4. The maximum Gasteiger partial charge on any atom is 0.308 e. The van der Waals surface area contributed by atoms with E-state index in [0.717, 1.165) is 129 Å². The standard InChI is InChI=1S/C56H108N2O6/c1-6-10-14-26-35-51(33-12-8-3)41-49-62-54(59)39-30-24-20-16-18-22-28-37-53(56(61)64-48-32-43-58-46-44-57(5)45-47-58)38-29-23-19-17-21-25-31-40-55(60)63-50-42-52(34-13-9-4)36-27-15-11-7-2/h51-53H,6-50H2,1-5H3. The highest BCUT2D eigenvalue weighted by Gasteiger charge is 2.20. The van der Waals surface area contributed by atoms with Crippen molar-refractivity contribution in [1.82, 2.24) is 9.80 Å². The molecule has 2 unspecified atom stereocenters. The van der Waals surface area contributed by atoms with Crippen molar-refractivity contribution >= 4 is 17.9 Å². The highest BCUT2D eigenvalue weighted by atomic mass is 16.5. The summed E-state index contributed by atoms with van der Waals surface area (Å²) in [5, 5.41) is 0. The highest BCUT2D eigenvalue weighted by molar-refractivity contribution is 5.72. The topological polar surface area (TPSA) is 85.4 Å². The first-order valence-electron chi connectivity index (χ1n) is 28.2. The van der Waals surface area contributed by atoms with E-state index in [0.29, 0.717) is 44.5 Å². The minimum atomic E-state index is -0.0175. The Hall–Kier alpha value is -1.67. The molecule has 0 aliphatic carbocycles. The van der Waals surface area contributed by atoms with Crippen molar-refractivity contribution < 1.29 is 28.6 Å². The van der Waals surface area contributed by atoms with Crippen LogP contribution >= 0.6 is 0 Å². The van der Waals surface area contributed by atoms with Gasteiger partial charge < -0.3 is 24.0 Å². The predicted octanol–water partition coefficient (Wildman–Crippen LogP) is 15.2. The van der Waals surface area contributed by atoms with Gasteiger partial charge in [0.25, 0.3) is 0 Å². The molecule has 0 aromatic carbocycles. The Bertz CT molecular complexity index is 988. The van der Waals surface area contributed by atoms with Gasteiger partial charge in [-0.05, 0) is 63.8 Å². The van der Waals surface area contributed by atoms with Gasteiger partial charge in [-0.3, -0.25) is 14.4 Å². The summed E-state index contributed by atoms with van der Waals surface area (Å²) in [7, 11) is 2.18. The second-order valence-corrected chi connectivity index (χ2v) is 20.1. The molecule has 0 bridgehead atoms. The fraction of sp³-hybridized carbons (Fsp3) is 0.946. The second kappa shape index (κ2) is 45.1. The smallest absolute Gasteiger partial charge is 0.308 e. The number of piperazine rings is 1. The van der Waals surface area contributed by atoms with E-state index in [1.54, 1.807) is 0 Å². The van der Waals surface area contributed by atoms with Crippen LogP contribution in [0.25, 0.3) is 0 Å². The average molecular weight is 905 g/mol. The van der Waals surface area contributed by atoms with Gasteiger partial charge in [0.05, 0.1) is 25.7 Å². The number of nitrogens with zero attached hydrogens (tertiary/aromatic N) is 2. The van der Waals surface area contributed by atoms with Crippen LogP contribution in [0.2, 0.25) is 0 Å². The molecule has 0 aromatic heterocycles. The van der Waals surface area contributed by atoms with E-state index in [4.69, 9.17) is 14.2 Å². The molecule has 64 heavy (non-hydrogen) atoms. The van der Waals surface area contributed by atoms with Gasteiger partial charge in [-0.15, -0.1) is 0 Å². The van der Waals surface area contributed by atoms with E-state index in [1.807, 2.05) is 0 Å². The van der Waals surface area contributed by atoms with Gasteiger partial charge in [-0.1, -0.05) is 207 Å². The number of hydrogen-bond donors (Lipinski definition) is 0. The molecule has 2 atom stereocenters. The van der Waals surface area contributed by atoms with Crippen LogP contribution < -0.4 is 0 Å². The Morgan fingerprint density at radius 2 is 0.766 bits per heavy atom. The molecule has 378 valence electrons. The van der Waals surface area contributed by atoms with Crippen molar-refractivity contribution in [1.29, 1.82) is 0 Å². The van der Waals surface area contributed by atoms with Gasteiger partial charge in [0.1, 0.15) is 0 Å². The molecule has 1 fully saturated rings. The first-order chi connectivity index (χ1) is 31.3. The van der Waals surface area contributed by atoms with Gasteiger partial charge in [0.15, 0.2) is 0 Å². The number of carbonyl (C=O) groups is 3. The number of hydrogen-bond acceptors (Lipinski definition) is 8. The van der Waals surface area contributed by atoms with Crippen LogP contribution in [0, 0.1) is 17.8 Å². The van der Waals surface area contributed by atoms with Gasteiger partial charge in [0.2, 0.25) is 0 Å². The van der Waals surface area contributed by atoms with E-state index in [-0.39, 0.29) is 23.8 Å². The van der Waals surface area contributed by atoms with E-state index in [1.165, 1.54) is 128 Å². The molecule has 1 heterocycles. The fourth-order valence-corrected chi connectivity index (χ4v) is 9.51. The quantitative estimate of drug-likeness (QED) is 0.0339. The van der Waals surface area contributed by atoms with Crippen molar-refractivity contribution in [3.8, 4) is 0 Å². The molecule has 8 heteroatoms. The van der Waals surface area contributed by atoms with E-state index in [2.05, 4.69) is 44.5 Å². The molecule has 8 nitrogen and oxygen atoms in total. The zero-order chi connectivity index (χ0) is 46.6. The number of rotatable bonds is 47. The van der Waals surface area contributed by atoms with Crippen molar-refractivity contribution in [3.63, 3.8) is 0 Å². The van der Waals surface area contributed by atoms with Crippen LogP contribution in [-0.4, -0.2) is 87.3 Å². The number of likely N-dealkylation sites (N-methyl/N-ethyl adjacent to an activating group) is 1. The number of ether oxygens (including phenoxy) is 3. The Kier molecular flexibility index (Phi) is 42.6. The van der Waals surface area contributed by atoms with E-state index < -0.39 is 0 Å². The minimum absolute atomic E-state index is 0.00613. The second-order valence-electron chi connectivity index (χ2n) is 20.1. The Morgan fingerprint density at radius 3 is 1.20 bits per heavy atom. The lowest BCUT2D eigenvalue weighted by molar-refractivity contribution is -0.149. The predicted molar refractivity (Wildman–Crippen MR) is 271 cm³/mol. The highest BCUT2D eigenvalue weighted by Crippen LogP contribution is 2.24. The molecule has 0 spiro atoms. The van der Waals surface area contributed by atoms with Crippen molar-refractivity contribution in [3.05, 3.63) is 0 Å². The molecular weight excluding hydrogens is 797 g/mol. The zero-order valence-corrected chi connectivity index (χ0v) is 43.4. The Labute approximate surface area is 397 Å². The SMILES string of the molecule is CCCCCCC(CCCC)CCOC(=O)CCCCCCCCCC(CCCCCCCCCC(=O)OCCC(CCCC)CCCCCC)C(=O)OCCCN1CCN(C)CC1. The monoisotopic (exact) mass is 905 g/mol. The normalized spacial score (nSPS) is 15.0. The summed E-state index contributed by atoms with van der Waals surface area (Å²) < 4.78 is 17.2. The van der Waals surface area contributed by atoms with Crippen molar-refractivity contribution in [2.75, 3.05) is 59.6 Å². The molecule has 0 aromatic rings. The molecule has 1 rings (SSSR count). The van der Waals surface area contributed by atoms with Gasteiger partial charge >= 0.3 is 17.9 Å². The van der Waals surface area contributed by atoms with E-state index in [9.17, 15) is 14.4 Å². The van der Waals surface area contributed by atoms with Crippen LogP contribution in [0.4, 0.5) is 0 Å². The lowest BCUT2D eigenvalue weighted by atomic mass is 9.92. The summed E-state index contributed by atoms with van der Waals surface area (Å²) in [4.78, 5) is 43.0. The minimum Gasteiger partial charge on any atom is -0.466 e. The molecule has 1 aliphatic heterocycles.